The first-order chi connectivity index (χ1) is 15.4. The van der Waals surface area contributed by atoms with Crippen LogP contribution >= 0.6 is 11.8 Å². The van der Waals surface area contributed by atoms with Gasteiger partial charge in [0.1, 0.15) is 30.2 Å². The molecule has 2 saturated heterocycles. The van der Waals surface area contributed by atoms with Gasteiger partial charge in [-0.05, 0) is 37.3 Å². The van der Waals surface area contributed by atoms with E-state index in [0.717, 1.165) is 23.2 Å². The summed E-state index contributed by atoms with van der Waals surface area (Å²) < 4.78 is 19.3. The first kappa shape index (κ1) is 23.6. The summed E-state index contributed by atoms with van der Waals surface area (Å²) in [5, 5.41) is 40.1. The Bertz CT molecular complexity index is 894. The summed E-state index contributed by atoms with van der Waals surface area (Å²) in [6.07, 6.45) is -1.17. The molecule has 0 bridgehead atoms. The van der Waals surface area contributed by atoms with Gasteiger partial charge in [-0.25, -0.2) is 0 Å². The molecular weight excluding hydrogens is 434 g/mol. The van der Waals surface area contributed by atoms with Crippen molar-refractivity contribution in [3.8, 4) is 5.75 Å². The molecule has 6 atom stereocenters. The fourth-order valence-electron chi connectivity index (χ4n) is 4.31. The molecule has 4 rings (SSSR count). The van der Waals surface area contributed by atoms with Gasteiger partial charge in [-0.15, -0.1) is 11.8 Å². The molecule has 2 aromatic rings. The molecular formula is C23H31NO7S. The molecule has 0 amide bonds. The molecule has 0 spiro atoms. The zero-order valence-electron chi connectivity index (χ0n) is 18.3. The van der Waals surface area contributed by atoms with E-state index in [1.54, 1.807) is 11.8 Å². The number of aromatic nitrogens is 1. The summed E-state index contributed by atoms with van der Waals surface area (Å²) in [5.41, 5.74) is 3.10. The minimum absolute atomic E-state index is 0.194. The van der Waals surface area contributed by atoms with Crippen LogP contribution in [-0.2, 0) is 15.9 Å². The Hall–Kier alpha value is -1.59. The Morgan fingerprint density at radius 2 is 1.88 bits per heavy atom. The predicted octanol–water partition coefficient (Wildman–Crippen LogP) is 1.25. The lowest BCUT2D eigenvalue weighted by Crippen LogP contribution is -2.60. The third kappa shape index (κ3) is 4.70. The molecule has 1 unspecified atom stereocenters. The highest BCUT2D eigenvalue weighted by atomic mass is 32.2. The number of ether oxygens (including phenoxy) is 3. The van der Waals surface area contributed by atoms with Crippen molar-refractivity contribution in [1.82, 2.24) is 4.57 Å². The third-order valence-electron chi connectivity index (χ3n) is 6.31. The molecule has 0 aliphatic carbocycles. The van der Waals surface area contributed by atoms with Gasteiger partial charge in [0.05, 0.1) is 19.3 Å². The van der Waals surface area contributed by atoms with Crippen molar-refractivity contribution in [3.05, 3.63) is 47.3 Å². The summed E-state index contributed by atoms with van der Waals surface area (Å²) in [6.45, 7) is 2.86. The van der Waals surface area contributed by atoms with Crippen molar-refractivity contribution in [2.24, 2.45) is 0 Å². The lowest BCUT2D eigenvalue weighted by Gasteiger charge is -2.39. The van der Waals surface area contributed by atoms with Gasteiger partial charge in [0.25, 0.3) is 0 Å². The van der Waals surface area contributed by atoms with E-state index < -0.39 is 37.3 Å². The Labute approximate surface area is 191 Å². The number of thioether (sulfide) groups is 1. The molecule has 4 N–H and O–H groups in total. The van der Waals surface area contributed by atoms with Gasteiger partial charge in [0, 0.05) is 35.4 Å². The van der Waals surface area contributed by atoms with Crippen LogP contribution in [0.5, 0.6) is 5.75 Å². The van der Waals surface area contributed by atoms with Crippen LogP contribution in [-0.4, -0.2) is 81.8 Å². The maximum absolute atomic E-state index is 10.4. The molecule has 0 saturated carbocycles. The number of rotatable bonds is 7. The van der Waals surface area contributed by atoms with Crippen molar-refractivity contribution in [3.63, 3.8) is 0 Å². The highest BCUT2D eigenvalue weighted by Gasteiger charge is 2.45. The monoisotopic (exact) mass is 465 g/mol. The summed E-state index contributed by atoms with van der Waals surface area (Å²) in [5.74, 6) is 0.535. The van der Waals surface area contributed by atoms with Crippen LogP contribution in [0, 0.1) is 6.92 Å². The topological polar surface area (TPSA) is 114 Å². The smallest absolute Gasteiger partial charge is 0.229 e. The number of aliphatic hydroxyl groups is 4. The zero-order valence-corrected chi connectivity index (χ0v) is 19.1. The fourth-order valence-corrected chi connectivity index (χ4v) is 4.72. The van der Waals surface area contributed by atoms with Gasteiger partial charge < -0.3 is 39.2 Å². The maximum atomic E-state index is 10.4. The molecule has 3 heterocycles. The standard InChI is InChI=1S/C23H31NO7S/c1-13-17(9-14-3-5-16(32-2)6-4-14)18(10-24(13)15-7-8-29-12-15)30-23-22(28)21(27)20(26)19(11-25)31-23/h3-6,10,15,19-23,25-28H,7-9,11-12H2,1-2H3/t15?,19-,20-,21+,22-,23-/m1/s1. The second-order valence-electron chi connectivity index (χ2n) is 8.32. The van der Waals surface area contributed by atoms with Crippen molar-refractivity contribution in [2.75, 3.05) is 26.1 Å². The fraction of sp³-hybridized carbons (Fsp3) is 0.565. The number of aliphatic hydroxyl groups excluding tert-OH is 4. The van der Waals surface area contributed by atoms with E-state index in [-0.39, 0.29) is 6.04 Å². The van der Waals surface area contributed by atoms with Crippen LogP contribution in [0.15, 0.2) is 35.4 Å². The third-order valence-corrected chi connectivity index (χ3v) is 7.05. The Kier molecular flexibility index (Phi) is 7.46. The molecule has 32 heavy (non-hydrogen) atoms. The Morgan fingerprint density at radius 3 is 2.50 bits per heavy atom. The van der Waals surface area contributed by atoms with Crippen molar-refractivity contribution < 1.29 is 34.6 Å². The van der Waals surface area contributed by atoms with E-state index in [1.165, 1.54) is 4.90 Å². The normalized spacial score (nSPS) is 30.6. The van der Waals surface area contributed by atoms with Crippen LogP contribution in [0.2, 0.25) is 0 Å². The minimum Gasteiger partial charge on any atom is -0.460 e. The van der Waals surface area contributed by atoms with Gasteiger partial charge in [-0.2, -0.15) is 0 Å². The van der Waals surface area contributed by atoms with Gasteiger partial charge in [0.15, 0.2) is 0 Å². The van der Waals surface area contributed by atoms with Crippen molar-refractivity contribution in [1.29, 1.82) is 0 Å². The van der Waals surface area contributed by atoms with Crippen LogP contribution < -0.4 is 4.74 Å². The van der Waals surface area contributed by atoms with Gasteiger partial charge in [-0.1, -0.05) is 12.1 Å². The number of benzene rings is 1. The lowest BCUT2D eigenvalue weighted by atomic mass is 9.99. The maximum Gasteiger partial charge on any atom is 0.229 e. The first-order valence-corrected chi connectivity index (χ1v) is 12.0. The molecule has 1 aromatic carbocycles. The van der Waals surface area contributed by atoms with E-state index >= 15 is 0 Å². The van der Waals surface area contributed by atoms with Crippen LogP contribution in [0.4, 0.5) is 0 Å². The van der Waals surface area contributed by atoms with E-state index in [4.69, 9.17) is 14.2 Å². The molecule has 0 radical (unpaired) electrons. The van der Waals surface area contributed by atoms with E-state index in [0.29, 0.717) is 25.4 Å². The molecule has 2 aliphatic heterocycles. The van der Waals surface area contributed by atoms with Crippen LogP contribution in [0.25, 0.3) is 0 Å². The molecule has 2 aliphatic rings. The molecule has 8 nitrogen and oxygen atoms in total. The number of nitrogens with zero attached hydrogens (tertiary/aromatic N) is 1. The average molecular weight is 466 g/mol. The predicted molar refractivity (Wildman–Crippen MR) is 119 cm³/mol. The largest absolute Gasteiger partial charge is 0.460 e. The van der Waals surface area contributed by atoms with Crippen LogP contribution in [0.1, 0.15) is 29.3 Å². The molecule has 1 aromatic heterocycles. The van der Waals surface area contributed by atoms with E-state index in [9.17, 15) is 20.4 Å². The quantitative estimate of drug-likeness (QED) is 0.452. The minimum atomic E-state index is -1.49. The Morgan fingerprint density at radius 1 is 1.12 bits per heavy atom. The van der Waals surface area contributed by atoms with Gasteiger partial charge in [0.2, 0.25) is 6.29 Å². The first-order valence-electron chi connectivity index (χ1n) is 10.8. The van der Waals surface area contributed by atoms with Crippen LogP contribution in [0.3, 0.4) is 0 Å². The summed E-state index contributed by atoms with van der Waals surface area (Å²) >= 11 is 1.69. The van der Waals surface area contributed by atoms with E-state index in [1.807, 2.05) is 19.4 Å². The zero-order chi connectivity index (χ0) is 22.8. The second kappa shape index (κ2) is 10.1. The summed E-state index contributed by atoms with van der Waals surface area (Å²) in [7, 11) is 0. The SMILES string of the molecule is CSc1ccc(Cc2c(O[C@@H]3O[C@H](CO)[C@@H](O)[C@H](O)[C@H]3O)cn(C3CCOC3)c2C)cc1. The number of hydrogen-bond acceptors (Lipinski definition) is 8. The summed E-state index contributed by atoms with van der Waals surface area (Å²) in [4.78, 5) is 1.18. The molecule has 176 valence electrons. The summed E-state index contributed by atoms with van der Waals surface area (Å²) in [6, 6.07) is 8.52. The second-order valence-corrected chi connectivity index (χ2v) is 9.20. The highest BCUT2D eigenvalue weighted by Crippen LogP contribution is 2.35. The van der Waals surface area contributed by atoms with E-state index in [2.05, 4.69) is 28.8 Å². The highest BCUT2D eigenvalue weighted by molar-refractivity contribution is 7.98. The average Bonchev–Trinajstić information content (AvgIpc) is 3.44. The Balaban J connectivity index is 1.64. The molecule has 2 fully saturated rings. The number of hydrogen-bond donors (Lipinski definition) is 4. The lowest BCUT2D eigenvalue weighted by molar-refractivity contribution is -0.277. The van der Waals surface area contributed by atoms with Gasteiger partial charge >= 0.3 is 0 Å². The van der Waals surface area contributed by atoms with Crippen molar-refractivity contribution in [2.45, 2.75) is 61.4 Å². The molecule has 9 heteroatoms. The van der Waals surface area contributed by atoms with Gasteiger partial charge in [-0.3, -0.25) is 0 Å². The van der Waals surface area contributed by atoms with Crippen molar-refractivity contribution >= 4 is 11.8 Å².